The van der Waals surface area contributed by atoms with Crippen LogP contribution < -0.4 is 10.1 Å². The van der Waals surface area contributed by atoms with Crippen LogP contribution in [0.1, 0.15) is 48.0 Å². The molecule has 0 radical (unpaired) electrons. The number of hydrogen-bond acceptors (Lipinski definition) is 4. The van der Waals surface area contributed by atoms with Crippen LogP contribution in [0.25, 0.3) is 10.8 Å². The Morgan fingerprint density at radius 2 is 1.71 bits per heavy atom. The Morgan fingerprint density at radius 3 is 2.29 bits per heavy atom. The first-order valence-corrected chi connectivity index (χ1v) is 12.1. The van der Waals surface area contributed by atoms with E-state index in [0.717, 1.165) is 6.07 Å². The van der Waals surface area contributed by atoms with Crippen LogP contribution in [0.4, 0.5) is 26.3 Å². The molecule has 1 saturated carbocycles. The number of carbonyl (C=O) groups excluding carboxylic acids is 1. The highest BCUT2D eigenvalue weighted by Crippen LogP contribution is 2.44. The molecule has 1 aliphatic rings. The van der Waals surface area contributed by atoms with E-state index in [9.17, 15) is 31.1 Å². The summed E-state index contributed by atoms with van der Waals surface area (Å²) in [6.07, 6.45) is -9.77. The van der Waals surface area contributed by atoms with Gasteiger partial charge in [-0.15, -0.1) is 0 Å². The number of nitrogens with one attached hydrogen (secondary N) is 1. The Kier molecular flexibility index (Phi) is 8.31. The number of halogens is 6. The average molecular weight is 511 g/mol. The average Bonchev–Trinajstić information content (AvgIpc) is 2.74. The number of hydrogen-bond donors (Lipinski definition) is 3. The van der Waals surface area contributed by atoms with Crippen LogP contribution in [-0.4, -0.2) is 40.7 Å². The van der Waals surface area contributed by atoms with Crippen molar-refractivity contribution in [1.29, 1.82) is 0 Å². The molecule has 12 heteroatoms. The lowest BCUT2D eigenvalue weighted by Crippen LogP contribution is -2.32. The Balaban J connectivity index is 1.79. The second-order valence-electron chi connectivity index (χ2n) is 8.21. The van der Waals surface area contributed by atoms with Gasteiger partial charge >= 0.3 is 12.4 Å². The van der Waals surface area contributed by atoms with Gasteiger partial charge in [0.25, 0.3) is 5.91 Å². The third-order valence-electron chi connectivity index (χ3n) is 5.78. The largest absolute Gasteiger partial charge is 0.490 e. The molecule has 1 fully saturated rings. The molecule has 3 N–H and O–H groups in total. The number of carbonyl (C=O) groups is 1. The fourth-order valence-corrected chi connectivity index (χ4v) is 4.49. The van der Waals surface area contributed by atoms with E-state index in [0.29, 0.717) is 6.42 Å². The van der Waals surface area contributed by atoms with E-state index in [1.165, 1.54) is 24.3 Å². The van der Waals surface area contributed by atoms with Crippen LogP contribution in [-0.2, 0) is 6.18 Å². The van der Waals surface area contributed by atoms with Crippen molar-refractivity contribution in [3.05, 3.63) is 41.5 Å². The van der Waals surface area contributed by atoms with Crippen molar-refractivity contribution in [3.63, 3.8) is 0 Å². The molecule has 188 valence electrons. The van der Waals surface area contributed by atoms with Gasteiger partial charge in [0, 0.05) is 18.3 Å². The third kappa shape index (κ3) is 6.73. The Morgan fingerprint density at radius 1 is 1.03 bits per heavy atom. The zero-order valence-electron chi connectivity index (χ0n) is 17.9. The van der Waals surface area contributed by atoms with Crippen LogP contribution in [0, 0.1) is 5.92 Å². The van der Waals surface area contributed by atoms with Crippen molar-refractivity contribution < 1.29 is 45.7 Å². The number of benzene rings is 2. The van der Waals surface area contributed by atoms with Crippen LogP contribution in [0.15, 0.2) is 30.3 Å². The zero-order valence-corrected chi connectivity index (χ0v) is 18.8. The molecular weight excluding hydrogens is 487 g/mol. The molecule has 0 aromatic heterocycles. The minimum Gasteiger partial charge on any atom is -0.490 e. The molecule has 0 bridgehead atoms. The van der Waals surface area contributed by atoms with Crippen LogP contribution in [0.5, 0.6) is 5.75 Å². The molecule has 1 aliphatic carbocycles. The number of fused-ring (bicyclic) bond motifs is 1. The molecule has 3 rings (SSSR count). The van der Waals surface area contributed by atoms with Gasteiger partial charge in [-0.25, -0.2) is 0 Å². The predicted octanol–water partition coefficient (Wildman–Crippen LogP) is 5.77. The third-order valence-corrected chi connectivity index (χ3v) is 6.49. The number of ether oxygens (including phenoxy) is 1. The number of amides is 1. The fourth-order valence-electron chi connectivity index (χ4n) is 4.05. The lowest BCUT2D eigenvalue weighted by molar-refractivity contribution is -0.185. The highest BCUT2D eigenvalue weighted by Gasteiger charge is 2.42. The Hall–Kier alpha value is -2.10. The second kappa shape index (κ2) is 10.7. The molecule has 0 atom stereocenters. The molecule has 2 aromatic carbocycles. The first kappa shape index (κ1) is 26.5. The summed E-state index contributed by atoms with van der Waals surface area (Å²) in [6, 6.07) is 6.23. The summed E-state index contributed by atoms with van der Waals surface area (Å²) in [7, 11) is -2.06. The van der Waals surface area contributed by atoms with E-state index in [1.54, 1.807) is 0 Å². The minimum absolute atomic E-state index is 0.00703. The summed E-state index contributed by atoms with van der Waals surface area (Å²) in [4.78, 5) is 30.0. The summed E-state index contributed by atoms with van der Waals surface area (Å²) >= 11 is 0. The molecule has 2 aromatic rings. The quantitative estimate of drug-likeness (QED) is 0.250. The van der Waals surface area contributed by atoms with Gasteiger partial charge in [0.05, 0.1) is 12.0 Å². The summed E-state index contributed by atoms with van der Waals surface area (Å²) in [5.74, 6) is -2.43. The van der Waals surface area contributed by atoms with E-state index in [2.05, 4.69) is 5.32 Å². The number of rotatable bonds is 7. The van der Waals surface area contributed by atoms with Gasteiger partial charge in [0.1, 0.15) is 11.3 Å². The fraction of sp³-hybridized carbons (Fsp3) is 0.500. The van der Waals surface area contributed by atoms with E-state index in [4.69, 9.17) is 14.5 Å². The summed E-state index contributed by atoms with van der Waals surface area (Å²) in [5.41, 5.74) is -0.899. The second-order valence-corrected chi connectivity index (χ2v) is 9.40. The number of alkyl halides is 6. The highest BCUT2D eigenvalue weighted by atomic mass is 31.2. The highest BCUT2D eigenvalue weighted by molar-refractivity contribution is 7.45. The molecule has 0 heterocycles. The van der Waals surface area contributed by atoms with Crippen molar-refractivity contribution in [3.8, 4) is 5.75 Å². The smallest absolute Gasteiger partial charge is 0.420 e. The normalized spacial score (nSPS) is 19.4. The predicted molar refractivity (Wildman–Crippen MR) is 115 cm³/mol. The van der Waals surface area contributed by atoms with E-state index >= 15 is 0 Å². The molecule has 0 unspecified atom stereocenters. The molecule has 34 heavy (non-hydrogen) atoms. The van der Waals surface area contributed by atoms with Crippen LogP contribution >= 0.6 is 8.38 Å². The summed E-state index contributed by atoms with van der Waals surface area (Å²) < 4.78 is 85.9. The summed E-state index contributed by atoms with van der Waals surface area (Å²) in [5, 5.41) is 2.54. The Labute approximate surface area is 193 Å². The lowest BCUT2D eigenvalue weighted by Gasteiger charge is -2.31. The van der Waals surface area contributed by atoms with E-state index < -0.39 is 50.0 Å². The van der Waals surface area contributed by atoms with Gasteiger partial charge in [0.2, 0.25) is 0 Å². The van der Waals surface area contributed by atoms with Crippen LogP contribution in [0.2, 0.25) is 0 Å². The van der Waals surface area contributed by atoms with Gasteiger partial charge in [-0.05, 0) is 61.1 Å². The van der Waals surface area contributed by atoms with Crippen molar-refractivity contribution in [1.82, 2.24) is 5.32 Å². The van der Waals surface area contributed by atoms with Crippen molar-refractivity contribution in [2.24, 2.45) is 5.92 Å². The first-order valence-electron chi connectivity index (χ1n) is 10.7. The molecule has 0 saturated heterocycles. The van der Waals surface area contributed by atoms with E-state index in [-0.39, 0.29) is 54.7 Å². The SMILES string of the molecule is O=C(NCCCP(O)O)c1ccc2c(C(F)(F)F)c(O[C@H]3CC[C@@H](C(F)(F)F)CC3)ccc2c1. The molecule has 1 amide bonds. The van der Waals surface area contributed by atoms with Crippen molar-refractivity contribution in [2.45, 2.75) is 50.6 Å². The molecule has 0 aliphatic heterocycles. The monoisotopic (exact) mass is 511 g/mol. The van der Waals surface area contributed by atoms with Gasteiger partial charge in [0.15, 0.2) is 8.38 Å². The first-order chi connectivity index (χ1) is 15.9. The maximum Gasteiger partial charge on any atom is 0.420 e. The molecule has 5 nitrogen and oxygen atoms in total. The zero-order chi connectivity index (χ0) is 25.1. The topological polar surface area (TPSA) is 78.8 Å². The van der Waals surface area contributed by atoms with Crippen LogP contribution in [0.3, 0.4) is 0 Å². The van der Waals surface area contributed by atoms with Gasteiger partial charge < -0.3 is 19.8 Å². The lowest BCUT2D eigenvalue weighted by atomic mass is 9.87. The van der Waals surface area contributed by atoms with Gasteiger partial charge in [-0.1, -0.05) is 12.1 Å². The van der Waals surface area contributed by atoms with Gasteiger partial charge in [-0.3, -0.25) is 4.79 Å². The maximum atomic E-state index is 13.9. The van der Waals surface area contributed by atoms with E-state index in [1.807, 2.05) is 0 Å². The maximum absolute atomic E-state index is 13.9. The van der Waals surface area contributed by atoms with Crippen molar-refractivity contribution >= 4 is 25.1 Å². The summed E-state index contributed by atoms with van der Waals surface area (Å²) in [6.45, 7) is 0.175. The van der Waals surface area contributed by atoms with Gasteiger partial charge in [-0.2, -0.15) is 26.3 Å². The standard InChI is InChI=1S/C22H24F6NO4P/c23-21(24,25)15-4-6-16(7-5-15)33-18-9-3-13-12-14(20(30)29-10-1-11-34(31)32)2-8-17(13)19(18)22(26,27)28/h2-3,8-9,12,15-16,31-32H,1,4-7,10-11H2,(H,29,30)/t15-,16+. The Bertz CT molecular complexity index is 1000. The molecular formula is C22H24F6NO4P. The van der Waals surface area contributed by atoms with Crippen molar-refractivity contribution in [2.75, 3.05) is 12.7 Å². The molecule has 0 spiro atoms. The minimum atomic E-state index is -4.78.